The molecule has 0 saturated carbocycles. The highest BCUT2D eigenvalue weighted by atomic mass is 16.3. The molecule has 0 aliphatic heterocycles. The van der Waals surface area contributed by atoms with Crippen LogP contribution in [0.4, 0.5) is 0 Å². The van der Waals surface area contributed by atoms with Gasteiger partial charge in [-0.25, -0.2) is 0 Å². The lowest BCUT2D eigenvalue weighted by Gasteiger charge is -2.00. The second-order valence-electron chi connectivity index (χ2n) is 2.90. The highest BCUT2D eigenvalue weighted by Crippen LogP contribution is 2.37. The number of fused-ring (bicyclic) bond motifs is 1. The molecule has 0 radical (unpaired) electrons. The zero-order valence-corrected chi connectivity index (χ0v) is 6.07. The standard InChI is InChI=1S/C9H10O2/c10-8-5-9(11)7-4-2-1-3-6(7)8/h1-4,8-11H,5H2/t8-,9-/m0/s1. The van der Waals surface area contributed by atoms with Crippen molar-refractivity contribution in [1.29, 1.82) is 0 Å². The highest BCUT2D eigenvalue weighted by molar-refractivity contribution is 5.35. The van der Waals surface area contributed by atoms with E-state index in [2.05, 4.69) is 0 Å². The zero-order valence-electron chi connectivity index (χ0n) is 6.07. The Labute approximate surface area is 65.1 Å². The Bertz CT molecular complexity index is 243. The van der Waals surface area contributed by atoms with Crippen molar-refractivity contribution in [3.05, 3.63) is 35.4 Å². The third-order valence-corrected chi connectivity index (χ3v) is 2.16. The maximum Gasteiger partial charge on any atom is 0.0821 e. The first kappa shape index (κ1) is 6.83. The zero-order chi connectivity index (χ0) is 7.84. The van der Waals surface area contributed by atoms with Gasteiger partial charge in [0.05, 0.1) is 12.2 Å². The molecule has 0 amide bonds. The first-order valence-corrected chi connectivity index (χ1v) is 3.74. The van der Waals surface area contributed by atoms with Gasteiger partial charge in [-0.15, -0.1) is 0 Å². The minimum atomic E-state index is -0.471. The van der Waals surface area contributed by atoms with Crippen molar-refractivity contribution in [2.24, 2.45) is 0 Å². The van der Waals surface area contributed by atoms with E-state index in [1.807, 2.05) is 24.3 Å². The normalized spacial score (nSPS) is 28.5. The SMILES string of the molecule is O[C@H]1C[C@H](O)c2ccccc21. The molecule has 0 bridgehead atoms. The topological polar surface area (TPSA) is 40.5 Å². The van der Waals surface area contributed by atoms with Crippen molar-refractivity contribution in [3.8, 4) is 0 Å². The van der Waals surface area contributed by atoms with Crippen LogP contribution in [0.2, 0.25) is 0 Å². The Balaban J connectivity index is 2.52. The van der Waals surface area contributed by atoms with Gasteiger partial charge in [-0.1, -0.05) is 24.3 Å². The summed E-state index contributed by atoms with van der Waals surface area (Å²) in [6.07, 6.45) is -0.498. The van der Waals surface area contributed by atoms with Crippen molar-refractivity contribution < 1.29 is 10.2 Å². The van der Waals surface area contributed by atoms with E-state index in [-0.39, 0.29) is 0 Å². The molecule has 11 heavy (non-hydrogen) atoms. The predicted molar refractivity (Wildman–Crippen MR) is 41.0 cm³/mol. The summed E-state index contributed by atoms with van der Waals surface area (Å²) in [6.45, 7) is 0. The summed E-state index contributed by atoms with van der Waals surface area (Å²) in [7, 11) is 0. The number of hydrogen-bond acceptors (Lipinski definition) is 2. The van der Waals surface area contributed by atoms with Crippen molar-refractivity contribution in [2.75, 3.05) is 0 Å². The second kappa shape index (κ2) is 2.32. The van der Waals surface area contributed by atoms with Crippen LogP contribution in [0.15, 0.2) is 24.3 Å². The molecule has 2 atom stereocenters. The summed E-state index contributed by atoms with van der Waals surface area (Å²) in [5, 5.41) is 18.8. The second-order valence-corrected chi connectivity index (χ2v) is 2.90. The van der Waals surface area contributed by atoms with Gasteiger partial charge >= 0.3 is 0 Å². The first-order chi connectivity index (χ1) is 5.29. The number of aliphatic hydroxyl groups excluding tert-OH is 2. The van der Waals surface area contributed by atoms with E-state index in [1.54, 1.807) is 0 Å². The molecule has 2 N–H and O–H groups in total. The molecule has 0 aromatic heterocycles. The fourth-order valence-corrected chi connectivity index (χ4v) is 1.58. The van der Waals surface area contributed by atoms with Gasteiger partial charge < -0.3 is 10.2 Å². The van der Waals surface area contributed by atoms with E-state index < -0.39 is 12.2 Å². The van der Waals surface area contributed by atoms with Crippen LogP contribution in [0.5, 0.6) is 0 Å². The molecule has 1 aromatic rings. The fourth-order valence-electron chi connectivity index (χ4n) is 1.58. The van der Waals surface area contributed by atoms with E-state index in [0.29, 0.717) is 6.42 Å². The lowest BCUT2D eigenvalue weighted by atomic mass is 10.1. The van der Waals surface area contributed by atoms with E-state index in [9.17, 15) is 10.2 Å². The van der Waals surface area contributed by atoms with Gasteiger partial charge in [0.1, 0.15) is 0 Å². The van der Waals surface area contributed by atoms with Gasteiger partial charge in [-0.3, -0.25) is 0 Å². The minimum Gasteiger partial charge on any atom is -0.388 e. The average Bonchev–Trinajstić information content (AvgIpc) is 2.30. The lowest BCUT2D eigenvalue weighted by molar-refractivity contribution is 0.107. The van der Waals surface area contributed by atoms with Crippen LogP contribution in [0.1, 0.15) is 29.8 Å². The summed E-state index contributed by atoms with van der Waals surface area (Å²) >= 11 is 0. The van der Waals surface area contributed by atoms with Crippen LogP contribution in [0.3, 0.4) is 0 Å². The van der Waals surface area contributed by atoms with Gasteiger partial charge in [0.15, 0.2) is 0 Å². The number of aliphatic hydroxyl groups is 2. The molecule has 0 fully saturated rings. The molecule has 1 aromatic carbocycles. The molecule has 0 unspecified atom stereocenters. The van der Waals surface area contributed by atoms with Crippen molar-refractivity contribution >= 4 is 0 Å². The van der Waals surface area contributed by atoms with Crippen LogP contribution in [-0.4, -0.2) is 10.2 Å². The van der Waals surface area contributed by atoms with Gasteiger partial charge in [0, 0.05) is 6.42 Å². The number of benzene rings is 1. The van der Waals surface area contributed by atoms with E-state index >= 15 is 0 Å². The summed E-state index contributed by atoms with van der Waals surface area (Å²) < 4.78 is 0. The monoisotopic (exact) mass is 150 g/mol. The van der Waals surface area contributed by atoms with Crippen molar-refractivity contribution in [3.63, 3.8) is 0 Å². The summed E-state index contributed by atoms with van der Waals surface area (Å²) in [5.74, 6) is 0. The molecule has 2 nitrogen and oxygen atoms in total. The molecule has 0 heterocycles. The van der Waals surface area contributed by atoms with E-state index in [0.717, 1.165) is 11.1 Å². The van der Waals surface area contributed by atoms with E-state index in [1.165, 1.54) is 0 Å². The van der Waals surface area contributed by atoms with Crippen LogP contribution in [0, 0.1) is 0 Å². The molecule has 2 rings (SSSR count). The van der Waals surface area contributed by atoms with Crippen molar-refractivity contribution in [2.45, 2.75) is 18.6 Å². The van der Waals surface area contributed by atoms with Crippen LogP contribution >= 0.6 is 0 Å². The molecule has 1 aliphatic carbocycles. The molecular weight excluding hydrogens is 140 g/mol. The molecular formula is C9H10O2. The summed E-state index contributed by atoms with van der Waals surface area (Å²) in [6, 6.07) is 7.46. The van der Waals surface area contributed by atoms with Crippen molar-refractivity contribution in [1.82, 2.24) is 0 Å². The Morgan fingerprint density at radius 3 is 1.91 bits per heavy atom. The van der Waals surface area contributed by atoms with Gasteiger partial charge in [0.2, 0.25) is 0 Å². The molecule has 58 valence electrons. The van der Waals surface area contributed by atoms with Crippen LogP contribution in [0.25, 0.3) is 0 Å². The average molecular weight is 150 g/mol. The third-order valence-electron chi connectivity index (χ3n) is 2.16. The van der Waals surface area contributed by atoms with Gasteiger partial charge in [-0.05, 0) is 11.1 Å². The lowest BCUT2D eigenvalue weighted by Crippen LogP contribution is -1.89. The Hall–Kier alpha value is -0.860. The number of rotatable bonds is 0. The molecule has 0 spiro atoms. The number of hydrogen-bond donors (Lipinski definition) is 2. The third kappa shape index (κ3) is 0.951. The van der Waals surface area contributed by atoms with Gasteiger partial charge in [-0.2, -0.15) is 0 Å². The molecule has 1 aliphatic rings. The maximum absolute atomic E-state index is 9.39. The highest BCUT2D eigenvalue weighted by Gasteiger charge is 2.26. The van der Waals surface area contributed by atoms with Crippen LogP contribution in [-0.2, 0) is 0 Å². The predicted octanol–water partition coefficient (Wildman–Crippen LogP) is 1.16. The largest absolute Gasteiger partial charge is 0.388 e. The quantitative estimate of drug-likeness (QED) is 0.582. The summed E-state index contributed by atoms with van der Waals surface area (Å²) in [4.78, 5) is 0. The minimum absolute atomic E-state index is 0.444. The Morgan fingerprint density at radius 2 is 1.45 bits per heavy atom. The fraction of sp³-hybridized carbons (Fsp3) is 0.333. The smallest absolute Gasteiger partial charge is 0.0821 e. The Kier molecular flexibility index (Phi) is 1.44. The van der Waals surface area contributed by atoms with Crippen LogP contribution < -0.4 is 0 Å². The Morgan fingerprint density at radius 1 is 1.00 bits per heavy atom. The van der Waals surface area contributed by atoms with Gasteiger partial charge in [0.25, 0.3) is 0 Å². The molecule has 0 saturated heterocycles. The first-order valence-electron chi connectivity index (χ1n) is 3.74. The van der Waals surface area contributed by atoms with E-state index in [4.69, 9.17) is 0 Å². The molecule has 2 heteroatoms. The summed E-state index contributed by atoms with van der Waals surface area (Å²) in [5.41, 5.74) is 1.75. The maximum atomic E-state index is 9.39.